The summed E-state index contributed by atoms with van der Waals surface area (Å²) in [5, 5.41) is 4.08. The van der Waals surface area contributed by atoms with E-state index < -0.39 is 0 Å². The van der Waals surface area contributed by atoms with Crippen LogP contribution in [0.4, 0.5) is 0 Å². The number of methoxy groups -OCH3 is 2. The smallest absolute Gasteiger partial charge is 0.259 e. The van der Waals surface area contributed by atoms with Crippen molar-refractivity contribution in [2.45, 2.75) is 12.8 Å². The molecule has 0 unspecified atom stereocenters. The number of amides is 1. The monoisotopic (exact) mass is 379 g/mol. The highest BCUT2D eigenvalue weighted by atomic mass is 16.5. The van der Waals surface area contributed by atoms with E-state index in [0.29, 0.717) is 34.3 Å². The molecule has 1 aromatic heterocycles. The summed E-state index contributed by atoms with van der Waals surface area (Å²) < 4.78 is 16.1. The summed E-state index contributed by atoms with van der Waals surface area (Å²) in [7, 11) is 3.15. The minimum atomic E-state index is -0.000957. The third-order valence-electron chi connectivity index (χ3n) is 4.85. The molecule has 3 aromatic rings. The molecule has 0 aliphatic carbocycles. The predicted octanol–water partition coefficient (Wildman–Crippen LogP) is 3.66. The van der Waals surface area contributed by atoms with Crippen molar-refractivity contribution in [1.29, 1.82) is 0 Å². The quantitative estimate of drug-likeness (QED) is 0.673. The maximum absolute atomic E-state index is 12.9. The van der Waals surface area contributed by atoms with Crippen LogP contribution in [-0.4, -0.2) is 48.3 Å². The third-order valence-corrected chi connectivity index (χ3v) is 4.85. The average Bonchev–Trinajstić information content (AvgIpc) is 3.45. The number of carbonyl (C=O) groups excluding carboxylic acids is 1. The molecule has 0 atom stereocenters. The molecule has 2 heterocycles. The largest absolute Gasteiger partial charge is 0.493 e. The molecule has 0 bridgehead atoms. The molecule has 1 aliphatic heterocycles. The minimum absolute atomic E-state index is 0.000957. The van der Waals surface area contributed by atoms with Crippen molar-refractivity contribution < 1.29 is 18.8 Å². The molecule has 0 radical (unpaired) electrons. The standard InChI is InChI=1S/C21H21N3O4/c1-26-17-10-9-14(13-18(17)27-2)19-22-20(28-23-19)15-7-3-4-8-16(15)21(25)24-11-5-6-12-24/h3-4,7-10,13H,5-6,11-12H2,1-2H3. The maximum atomic E-state index is 12.9. The number of carbonyl (C=O) groups is 1. The second-order valence-electron chi connectivity index (χ2n) is 6.54. The molecule has 144 valence electrons. The molecule has 1 fully saturated rings. The van der Waals surface area contributed by atoms with Gasteiger partial charge in [0.2, 0.25) is 5.82 Å². The fraction of sp³-hybridized carbons (Fsp3) is 0.286. The summed E-state index contributed by atoms with van der Waals surface area (Å²) in [5.74, 6) is 1.93. The highest BCUT2D eigenvalue weighted by molar-refractivity contribution is 6.00. The molecule has 1 aliphatic rings. The number of likely N-dealkylation sites (tertiary alicyclic amines) is 1. The molecular formula is C21H21N3O4. The number of ether oxygens (including phenoxy) is 2. The van der Waals surface area contributed by atoms with Gasteiger partial charge in [-0.2, -0.15) is 4.98 Å². The van der Waals surface area contributed by atoms with Crippen LogP contribution in [0.15, 0.2) is 47.0 Å². The number of benzene rings is 2. The van der Waals surface area contributed by atoms with Gasteiger partial charge in [-0.05, 0) is 43.2 Å². The van der Waals surface area contributed by atoms with Crippen molar-refractivity contribution in [1.82, 2.24) is 15.0 Å². The van der Waals surface area contributed by atoms with Crippen LogP contribution in [0.2, 0.25) is 0 Å². The lowest BCUT2D eigenvalue weighted by Gasteiger charge is -2.16. The van der Waals surface area contributed by atoms with Gasteiger partial charge in [0.15, 0.2) is 11.5 Å². The van der Waals surface area contributed by atoms with E-state index in [2.05, 4.69) is 10.1 Å². The van der Waals surface area contributed by atoms with Crippen LogP contribution in [-0.2, 0) is 0 Å². The van der Waals surface area contributed by atoms with Crippen molar-refractivity contribution in [2.24, 2.45) is 0 Å². The van der Waals surface area contributed by atoms with Crippen LogP contribution in [0.25, 0.3) is 22.8 Å². The lowest BCUT2D eigenvalue weighted by atomic mass is 10.1. The Labute approximate surface area is 162 Å². The number of aromatic nitrogens is 2. The first-order valence-electron chi connectivity index (χ1n) is 9.16. The summed E-state index contributed by atoms with van der Waals surface area (Å²) in [6, 6.07) is 12.7. The highest BCUT2D eigenvalue weighted by Crippen LogP contribution is 2.32. The van der Waals surface area contributed by atoms with Gasteiger partial charge in [-0.1, -0.05) is 17.3 Å². The number of nitrogens with zero attached hydrogens (tertiary/aromatic N) is 3. The van der Waals surface area contributed by atoms with Gasteiger partial charge in [0, 0.05) is 18.7 Å². The van der Waals surface area contributed by atoms with Crippen molar-refractivity contribution in [2.75, 3.05) is 27.3 Å². The topological polar surface area (TPSA) is 77.7 Å². The Morgan fingerprint density at radius 1 is 1.04 bits per heavy atom. The summed E-state index contributed by atoms with van der Waals surface area (Å²) >= 11 is 0. The van der Waals surface area contributed by atoms with Crippen LogP contribution in [0.1, 0.15) is 23.2 Å². The lowest BCUT2D eigenvalue weighted by Crippen LogP contribution is -2.28. The third kappa shape index (κ3) is 3.31. The maximum Gasteiger partial charge on any atom is 0.259 e. The molecule has 7 nitrogen and oxygen atoms in total. The van der Waals surface area contributed by atoms with Crippen molar-refractivity contribution >= 4 is 5.91 Å². The van der Waals surface area contributed by atoms with Gasteiger partial charge >= 0.3 is 0 Å². The normalized spacial score (nSPS) is 13.6. The molecule has 1 saturated heterocycles. The van der Waals surface area contributed by atoms with Crippen molar-refractivity contribution in [3.05, 3.63) is 48.0 Å². The Hall–Kier alpha value is -3.35. The van der Waals surface area contributed by atoms with E-state index in [9.17, 15) is 4.79 Å². The first kappa shape index (κ1) is 18.0. The Kier molecular flexibility index (Phi) is 4.97. The van der Waals surface area contributed by atoms with E-state index in [-0.39, 0.29) is 5.91 Å². The van der Waals surface area contributed by atoms with Crippen LogP contribution in [0.3, 0.4) is 0 Å². The molecule has 0 spiro atoms. The number of rotatable bonds is 5. The predicted molar refractivity (Wildman–Crippen MR) is 103 cm³/mol. The van der Waals surface area contributed by atoms with Gasteiger partial charge in [-0.3, -0.25) is 4.79 Å². The Morgan fingerprint density at radius 3 is 2.54 bits per heavy atom. The van der Waals surface area contributed by atoms with Crippen LogP contribution >= 0.6 is 0 Å². The number of hydrogen-bond acceptors (Lipinski definition) is 6. The molecule has 7 heteroatoms. The SMILES string of the molecule is COc1ccc(-c2noc(-c3ccccc3C(=O)N3CCCC3)n2)cc1OC. The molecule has 1 amide bonds. The molecule has 28 heavy (non-hydrogen) atoms. The molecule has 4 rings (SSSR count). The average molecular weight is 379 g/mol. The van der Waals surface area contributed by atoms with E-state index >= 15 is 0 Å². The van der Waals surface area contributed by atoms with Gasteiger partial charge in [0.1, 0.15) is 0 Å². The minimum Gasteiger partial charge on any atom is -0.493 e. The van der Waals surface area contributed by atoms with Crippen LogP contribution in [0, 0.1) is 0 Å². The van der Waals surface area contributed by atoms with E-state index in [4.69, 9.17) is 14.0 Å². The van der Waals surface area contributed by atoms with Gasteiger partial charge in [-0.25, -0.2) is 0 Å². The Morgan fingerprint density at radius 2 is 1.79 bits per heavy atom. The van der Waals surface area contributed by atoms with E-state index in [1.165, 1.54) is 0 Å². The Bertz CT molecular complexity index is 993. The fourth-order valence-electron chi connectivity index (χ4n) is 3.37. The first-order chi connectivity index (χ1) is 13.7. The Balaban J connectivity index is 1.68. The summed E-state index contributed by atoms with van der Waals surface area (Å²) in [4.78, 5) is 19.2. The van der Waals surface area contributed by atoms with Crippen molar-refractivity contribution in [3.63, 3.8) is 0 Å². The van der Waals surface area contributed by atoms with Gasteiger partial charge in [-0.15, -0.1) is 0 Å². The van der Waals surface area contributed by atoms with Crippen molar-refractivity contribution in [3.8, 4) is 34.3 Å². The summed E-state index contributed by atoms with van der Waals surface area (Å²) in [5.41, 5.74) is 1.95. The first-order valence-corrected chi connectivity index (χ1v) is 9.16. The van der Waals surface area contributed by atoms with Gasteiger partial charge < -0.3 is 18.9 Å². The second-order valence-corrected chi connectivity index (χ2v) is 6.54. The zero-order chi connectivity index (χ0) is 19.5. The molecule has 0 saturated carbocycles. The highest BCUT2D eigenvalue weighted by Gasteiger charge is 2.24. The zero-order valence-corrected chi connectivity index (χ0v) is 15.8. The fourth-order valence-corrected chi connectivity index (χ4v) is 3.37. The summed E-state index contributed by atoms with van der Waals surface area (Å²) in [6.07, 6.45) is 2.08. The second kappa shape index (κ2) is 7.72. The van der Waals surface area contributed by atoms with E-state index in [0.717, 1.165) is 31.5 Å². The van der Waals surface area contributed by atoms with Crippen LogP contribution < -0.4 is 9.47 Å². The number of hydrogen-bond donors (Lipinski definition) is 0. The van der Waals surface area contributed by atoms with E-state index in [1.807, 2.05) is 29.2 Å². The molecule has 2 aromatic carbocycles. The van der Waals surface area contributed by atoms with Gasteiger partial charge in [0.05, 0.1) is 25.3 Å². The van der Waals surface area contributed by atoms with Crippen LogP contribution in [0.5, 0.6) is 11.5 Å². The molecular weight excluding hydrogens is 358 g/mol. The zero-order valence-electron chi connectivity index (χ0n) is 15.8. The molecule has 0 N–H and O–H groups in total. The summed E-state index contributed by atoms with van der Waals surface area (Å²) in [6.45, 7) is 1.57. The van der Waals surface area contributed by atoms with E-state index in [1.54, 1.807) is 32.4 Å². The van der Waals surface area contributed by atoms with Gasteiger partial charge in [0.25, 0.3) is 11.8 Å². The lowest BCUT2D eigenvalue weighted by molar-refractivity contribution is 0.0793.